The second-order valence-corrected chi connectivity index (χ2v) is 5.43. The summed E-state index contributed by atoms with van der Waals surface area (Å²) in [5, 5.41) is 5.21. The van der Waals surface area contributed by atoms with Gasteiger partial charge >= 0.3 is 6.18 Å². The zero-order chi connectivity index (χ0) is 18.4. The van der Waals surface area contributed by atoms with Crippen LogP contribution >= 0.6 is 11.6 Å². The van der Waals surface area contributed by atoms with E-state index in [9.17, 15) is 18.0 Å². The number of rotatable bonds is 6. The molecule has 0 aliphatic carbocycles. The number of nitrogens with zero attached hydrogens (tertiary/aromatic N) is 1. The van der Waals surface area contributed by atoms with Crippen molar-refractivity contribution in [1.82, 2.24) is 10.3 Å². The average Bonchev–Trinajstić information content (AvgIpc) is 2.56. The summed E-state index contributed by atoms with van der Waals surface area (Å²) in [6, 6.07) is 6.30. The number of hydrogen-bond donors (Lipinski definition) is 2. The fourth-order valence-corrected chi connectivity index (χ4v) is 2.15. The molecule has 1 amide bonds. The van der Waals surface area contributed by atoms with Crippen LogP contribution in [0.3, 0.4) is 0 Å². The van der Waals surface area contributed by atoms with Gasteiger partial charge in [0.2, 0.25) is 0 Å². The largest absolute Gasteiger partial charge is 0.418 e. The number of aromatic nitrogens is 1. The maximum atomic E-state index is 13.1. The Labute approximate surface area is 147 Å². The molecule has 0 spiro atoms. The van der Waals surface area contributed by atoms with E-state index in [0.717, 1.165) is 6.07 Å². The number of methoxy groups -OCH3 is 1. The van der Waals surface area contributed by atoms with E-state index in [1.807, 2.05) is 0 Å². The molecule has 2 aromatic rings. The summed E-state index contributed by atoms with van der Waals surface area (Å²) in [5.41, 5.74) is -0.590. The highest BCUT2D eigenvalue weighted by Crippen LogP contribution is 2.37. The van der Waals surface area contributed by atoms with Crippen molar-refractivity contribution in [3.63, 3.8) is 0 Å². The van der Waals surface area contributed by atoms with Crippen molar-refractivity contribution < 1.29 is 22.7 Å². The van der Waals surface area contributed by atoms with Gasteiger partial charge in [-0.25, -0.2) is 4.98 Å². The van der Waals surface area contributed by atoms with Crippen molar-refractivity contribution >= 4 is 28.9 Å². The van der Waals surface area contributed by atoms with Gasteiger partial charge in [-0.3, -0.25) is 4.79 Å². The van der Waals surface area contributed by atoms with Crippen LogP contribution in [0.25, 0.3) is 0 Å². The summed E-state index contributed by atoms with van der Waals surface area (Å²) in [6.45, 7) is 0.693. The number of carbonyl (C=O) groups is 1. The second-order valence-electron chi connectivity index (χ2n) is 4.99. The van der Waals surface area contributed by atoms with Crippen molar-refractivity contribution in [2.75, 3.05) is 25.6 Å². The molecule has 134 valence electrons. The molecule has 25 heavy (non-hydrogen) atoms. The normalized spacial score (nSPS) is 11.2. The average molecular weight is 374 g/mol. The smallest absolute Gasteiger partial charge is 0.383 e. The third kappa shape index (κ3) is 5.33. The minimum absolute atomic E-state index is 0.0147. The molecule has 0 fully saturated rings. The van der Waals surface area contributed by atoms with E-state index in [2.05, 4.69) is 15.6 Å². The van der Waals surface area contributed by atoms with Crippen LogP contribution in [0.1, 0.15) is 16.1 Å². The molecule has 0 aliphatic heterocycles. The number of carbonyl (C=O) groups excluding carboxylic acids is 1. The second kappa shape index (κ2) is 8.17. The van der Waals surface area contributed by atoms with Gasteiger partial charge in [0.25, 0.3) is 5.91 Å². The molecule has 1 aromatic heterocycles. The van der Waals surface area contributed by atoms with E-state index in [4.69, 9.17) is 16.3 Å². The van der Waals surface area contributed by atoms with E-state index in [1.165, 1.54) is 37.6 Å². The van der Waals surface area contributed by atoms with Crippen LogP contribution in [0, 0.1) is 0 Å². The highest BCUT2D eigenvalue weighted by Gasteiger charge is 2.33. The molecule has 0 radical (unpaired) electrons. The molecule has 5 nitrogen and oxygen atoms in total. The van der Waals surface area contributed by atoms with Crippen LogP contribution in [0.15, 0.2) is 36.5 Å². The minimum atomic E-state index is -4.55. The molecular weight excluding hydrogens is 359 g/mol. The van der Waals surface area contributed by atoms with Gasteiger partial charge in [-0.05, 0) is 30.3 Å². The summed E-state index contributed by atoms with van der Waals surface area (Å²) in [5.74, 6) is -0.397. The molecule has 2 N–H and O–H groups in total. The molecule has 0 unspecified atom stereocenters. The van der Waals surface area contributed by atoms with Gasteiger partial charge in [-0.15, -0.1) is 0 Å². The van der Waals surface area contributed by atoms with Crippen LogP contribution in [0.2, 0.25) is 5.02 Å². The Kier molecular flexibility index (Phi) is 6.22. The Morgan fingerprint density at radius 3 is 2.64 bits per heavy atom. The zero-order valence-electron chi connectivity index (χ0n) is 13.2. The van der Waals surface area contributed by atoms with Crippen molar-refractivity contribution in [2.45, 2.75) is 6.18 Å². The third-order valence-corrected chi connectivity index (χ3v) is 3.39. The topological polar surface area (TPSA) is 63.2 Å². The van der Waals surface area contributed by atoms with E-state index in [0.29, 0.717) is 18.8 Å². The number of hydrogen-bond acceptors (Lipinski definition) is 4. The Bertz CT molecular complexity index is 736. The summed E-state index contributed by atoms with van der Waals surface area (Å²) in [6.07, 6.45) is -3.28. The first-order valence-corrected chi connectivity index (χ1v) is 7.56. The quantitative estimate of drug-likeness (QED) is 0.754. The number of anilines is 2. The molecule has 2 rings (SSSR count). The Hall–Kier alpha value is -2.32. The maximum Gasteiger partial charge on any atom is 0.418 e. The highest BCUT2D eigenvalue weighted by molar-refractivity contribution is 6.30. The van der Waals surface area contributed by atoms with Gasteiger partial charge in [0.15, 0.2) is 0 Å². The van der Waals surface area contributed by atoms with Gasteiger partial charge in [0.05, 0.1) is 29.7 Å². The third-order valence-electron chi connectivity index (χ3n) is 3.15. The molecule has 0 aliphatic rings. The van der Waals surface area contributed by atoms with Gasteiger partial charge in [-0.1, -0.05) is 11.6 Å². The van der Waals surface area contributed by atoms with Gasteiger partial charge in [-0.2, -0.15) is 13.2 Å². The molecule has 0 saturated carbocycles. The Morgan fingerprint density at radius 1 is 1.28 bits per heavy atom. The summed E-state index contributed by atoms with van der Waals surface area (Å²) >= 11 is 5.64. The number of halogens is 4. The first-order valence-electron chi connectivity index (χ1n) is 7.18. The zero-order valence-corrected chi connectivity index (χ0v) is 13.9. The monoisotopic (exact) mass is 373 g/mol. The van der Waals surface area contributed by atoms with Crippen molar-refractivity contribution in [1.29, 1.82) is 0 Å². The van der Waals surface area contributed by atoms with Crippen LogP contribution in [0.4, 0.5) is 24.5 Å². The van der Waals surface area contributed by atoms with Crippen molar-refractivity contribution in [2.24, 2.45) is 0 Å². The predicted molar refractivity (Wildman–Crippen MR) is 88.2 cm³/mol. The summed E-state index contributed by atoms with van der Waals surface area (Å²) < 4.78 is 44.0. The van der Waals surface area contributed by atoms with Crippen LogP contribution in [0.5, 0.6) is 0 Å². The fourth-order valence-electron chi connectivity index (χ4n) is 1.97. The van der Waals surface area contributed by atoms with E-state index >= 15 is 0 Å². The van der Waals surface area contributed by atoms with Gasteiger partial charge in [0.1, 0.15) is 5.69 Å². The predicted octanol–water partition coefficient (Wildman–Crippen LogP) is 3.87. The van der Waals surface area contributed by atoms with Crippen LogP contribution < -0.4 is 10.6 Å². The lowest BCUT2D eigenvalue weighted by Gasteiger charge is -2.15. The van der Waals surface area contributed by atoms with Gasteiger partial charge in [0, 0.05) is 18.7 Å². The maximum absolute atomic E-state index is 13.1. The first-order chi connectivity index (χ1) is 11.8. The molecule has 0 saturated heterocycles. The lowest BCUT2D eigenvalue weighted by molar-refractivity contribution is -0.136. The number of ether oxygens (including phenoxy) is 1. The molecule has 9 heteroatoms. The molecule has 0 bridgehead atoms. The van der Waals surface area contributed by atoms with Gasteiger partial charge < -0.3 is 15.4 Å². The number of amides is 1. The van der Waals surface area contributed by atoms with E-state index in [-0.39, 0.29) is 16.4 Å². The summed E-state index contributed by atoms with van der Waals surface area (Å²) in [7, 11) is 1.51. The SMILES string of the molecule is COCCNC(=O)c1ccc(Nc2ccc(Cl)cc2C(F)(F)F)cn1. The Morgan fingerprint density at radius 2 is 2.04 bits per heavy atom. The first kappa shape index (κ1) is 19.0. The number of nitrogens with one attached hydrogen (secondary N) is 2. The Balaban J connectivity index is 2.13. The van der Waals surface area contributed by atoms with E-state index in [1.54, 1.807) is 0 Å². The molecular formula is C16H15ClF3N3O2. The van der Waals surface area contributed by atoms with E-state index < -0.39 is 17.6 Å². The molecule has 1 aromatic carbocycles. The van der Waals surface area contributed by atoms with Crippen LogP contribution in [-0.4, -0.2) is 31.2 Å². The standard InChI is InChI=1S/C16H15ClF3N3O2/c1-25-7-6-21-15(24)14-5-3-11(9-22-14)23-13-4-2-10(17)8-12(13)16(18,19)20/h2-5,8-9,23H,6-7H2,1H3,(H,21,24). The molecule has 1 heterocycles. The van der Waals surface area contributed by atoms with Crippen molar-refractivity contribution in [3.8, 4) is 0 Å². The lowest BCUT2D eigenvalue weighted by atomic mass is 10.1. The summed E-state index contributed by atoms with van der Waals surface area (Å²) in [4.78, 5) is 15.7. The lowest BCUT2D eigenvalue weighted by Crippen LogP contribution is -2.27. The number of alkyl halides is 3. The number of pyridine rings is 1. The van der Waals surface area contributed by atoms with Crippen molar-refractivity contribution in [3.05, 3.63) is 52.8 Å². The van der Waals surface area contributed by atoms with Crippen LogP contribution in [-0.2, 0) is 10.9 Å². The highest BCUT2D eigenvalue weighted by atomic mass is 35.5. The fraction of sp³-hybridized carbons (Fsp3) is 0.250. The minimum Gasteiger partial charge on any atom is -0.383 e. The molecule has 0 atom stereocenters. The number of benzene rings is 1.